The number of nitrogens with two attached hydrogens (primary N) is 1. The fraction of sp³-hybridized carbons (Fsp3) is 0.214. The van der Waals surface area contributed by atoms with Crippen molar-refractivity contribution in [1.29, 1.82) is 0 Å². The Morgan fingerprint density at radius 2 is 2.14 bits per heavy atom. The van der Waals surface area contributed by atoms with Gasteiger partial charge in [-0.3, -0.25) is 4.98 Å². The zero-order chi connectivity index (χ0) is 15.3. The summed E-state index contributed by atoms with van der Waals surface area (Å²) in [5, 5.41) is 0. The highest BCUT2D eigenvalue weighted by atomic mass is 32.2. The second-order valence-electron chi connectivity index (χ2n) is 4.48. The van der Waals surface area contributed by atoms with Crippen molar-refractivity contribution in [1.82, 2.24) is 9.71 Å². The van der Waals surface area contributed by atoms with E-state index in [9.17, 15) is 8.42 Å². The number of hydrogen-bond donors (Lipinski definition) is 2. The molecule has 0 aliphatic heterocycles. The van der Waals surface area contributed by atoms with Crippen molar-refractivity contribution >= 4 is 15.7 Å². The summed E-state index contributed by atoms with van der Waals surface area (Å²) in [6.07, 6.45) is 2.66. The normalized spacial score (nSPS) is 11.3. The molecule has 0 radical (unpaired) electrons. The second-order valence-corrected chi connectivity index (χ2v) is 6.21. The molecule has 0 saturated heterocycles. The fourth-order valence-corrected chi connectivity index (χ4v) is 2.83. The number of anilines is 1. The van der Waals surface area contributed by atoms with E-state index in [1.807, 2.05) is 31.2 Å². The summed E-state index contributed by atoms with van der Waals surface area (Å²) in [7, 11) is -3.67. The minimum atomic E-state index is -3.67. The van der Waals surface area contributed by atoms with Crippen LogP contribution in [0.5, 0.6) is 5.75 Å². The molecule has 2 rings (SSSR count). The van der Waals surface area contributed by atoms with Crippen LogP contribution in [0.3, 0.4) is 0 Å². The van der Waals surface area contributed by atoms with Crippen LogP contribution in [0.2, 0.25) is 0 Å². The van der Waals surface area contributed by atoms with E-state index in [1.165, 1.54) is 18.5 Å². The van der Waals surface area contributed by atoms with Gasteiger partial charge in [0.2, 0.25) is 10.0 Å². The number of ether oxygens (including phenoxy) is 1. The van der Waals surface area contributed by atoms with Gasteiger partial charge in [-0.1, -0.05) is 12.1 Å². The minimum absolute atomic E-state index is 0.0273. The molecule has 6 nitrogen and oxygen atoms in total. The van der Waals surface area contributed by atoms with Crippen LogP contribution >= 0.6 is 0 Å². The van der Waals surface area contributed by atoms with Crippen molar-refractivity contribution in [2.75, 3.05) is 18.9 Å². The second kappa shape index (κ2) is 6.55. The molecule has 2 aromatic rings. The molecule has 7 heteroatoms. The molecule has 112 valence electrons. The zero-order valence-electron chi connectivity index (χ0n) is 11.6. The molecule has 0 aliphatic carbocycles. The van der Waals surface area contributed by atoms with Gasteiger partial charge in [-0.2, -0.15) is 0 Å². The van der Waals surface area contributed by atoms with Crippen molar-refractivity contribution in [3.63, 3.8) is 0 Å². The largest absolute Gasteiger partial charge is 0.492 e. The Hall–Kier alpha value is -2.12. The highest BCUT2D eigenvalue weighted by Crippen LogP contribution is 2.15. The lowest BCUT2D eigenvalue weighted by Gasteiger charge is -2.10. The first kappa shape index (κ1) is 15.3. The lowest BCUT2D eigenvalue weighted by atomic mass is 10.2. The average Bonchev–Trinajstić information content (AvgIpc) is 2.44. The summed E-state index contributed by atoms with van der Waals surface area (Å²) in [5.41, 5.74) is 6.87. The van der Waals surface area contributed by atoms with Gasteiger partial charge in [0, 0.05) is 18.9 Å². The summed E-state index contributed by atoms with van der Waals surface area (Å²) in [6, 6.07) is 8.98. The lowest BCUT2D eigenvalue weighted by Crippen LogP contribution is -2.29. The monoisotopic (exact) mass is 307 g/mol. The van der Waals surface area contributed by atoms with Crippen LogP contribution in [-0.2, 0) is 10.0 Å². The molecular formula is C14H17N3O3S. The fourth-order valence-electron chi connectivity index (χ4n) is 1.74. The van der Waals surface area contributed by atoms with Crippen molar-refractivity contribution in [3.05, 3.63) is 48.3 Å². The van der Waals surface area contributed by atoms with Crippen molar-refractivity contribution in [2.45, 2.75) is 11.8 Å². The van der Waals surface area contributed by atoms with Gasteiger partial charge < -0.3 is 10.5 Å². The van der Waals surface area contributed by atoms with E-state index >= 15 is 0 Å². The molecule has 0 aliphatic rings. The number of sulfonamides is 1. The Labute approximate surface area is 124 Å². The number of benzene rings is 1. The van der Waals surface area contributed by atoms with E-state index < -0.39 is 10.0 Å². The van der Waals surface area contributed by atoms with Gasteiger partial charge in [0.05, 0.1) is 5.69 Å². The maximum Gasteiger partial charge on any atom is 0.244 e. The van der Waals surface area contributed by atoms with E-state index in [-0.39, 0.29) is 23.7 Å². The smallest absolute Gasteiger partial charge is 0.244 e. The Bertz CT molecular complexity index is 717. The summed E-state index contributed by atoms with van der Waals surface area (Å²) >= 11 is 0. The SMILES string of the molecule is Cc1cccc(OCCNS(=O)(=O)c2cnccc2N)c1. The van der Waals surface area contributed by atoms with Crippen LogP contribution in [0, 0.1) is 6.92 Å². The molecule has 0 unspecified atom stereocenters. The number of aromatic nitrogens is 1. The molecule has 1 heterocycles. The quantitative estimate of drug-likeness (QED) is 0.785. The van der Waals surface area contributed by atoms with E-state index in [0.717, 1.165) is 5.56 Å². The summed E-state index contributed by atoms with van der Waals surface area (Å²) in [6.45, 7) is 2.33. The third-order valence-electron chi connectivity index (χ3n) is 2.76. The van der Waals surface area contributed by atoms with Gasteiger partial charge in [-0.15, -0.1) is 0 Å². The summed E-state index contributed by atoms with van der Waals surface area (Å²) in [4.78, 5) is 3.74. The molecule has 0 saturated carbocycles. The molecule has 1 aromatic carbocycles. The van der Waals surface area contributed by atoms with E-state index in [0.29, 0.717) is 5.75 Å². The number of rotatable bonds is 6. The van der Waals surface area contributed by atoms with Crippen LogP contribution in [-0.4, -0.2) is 26.6 Å². The van der Waals surface area contributed by atoms with Gasteiger partial charge in [-0.25, -0.2) is 13.1 Å². The van der Waals surface area contributed by atoms with Crippen LogP contribution in [0.1, 0.15) is 5.56 Å². The third-order valence-corrected chi connectivity index (χ3v) is 4.26. The van der Waals surface area contributed by atoms with Crippen molar-refractivity contribution in [2.24, 2.45) is 0 Å². The summed E-state index contributed by atoms with van der Waals surface area (Å²) < 4.78 is 32.0. The lowest BCUT2D eigenvalue weighted by molar-refractivity contribution is 0.322. The first-order chi connectivity index (χ1) is 9.99. The molecule has 0 fully saturated rings. The van der Waals surface area contributed by atoms with Crippen LogP contribution in [0.15, 0.2) is 47.6 Å². The number of aryl methyl sites for hydroxylation is 1. The maximum absolute atomic E-state index is 12.0. The minimum Gasteiger partial charge on any atom is -0.492 e. The van der Waals surface area contributed by atoms with Gasteiger partial charge >= 0.3 is 0 Å². The standard InChI is InChI=1S/C14H17N3O3S/c1-11-3-2-4-12(9-11)20-8-7-17-21(18,19)14-10-16-6-5-13(14)15/h2-6,9-10,17H,7-8H2,1H3,(H2,15,16). The maximum atomic E-state index is 12.0. The topological polar surface area (TPSA) is 94.3 Å². The highest BCUT2D eigenvalue weighted by molar-refractivity contribution is 7.89. The molecule has 1 aromatic heterocycles. The molecule has 0 bridgehead atoms. The first-order valence-corrected chi connectivity index (χ1v) is 7.86. The predicted molar refractivity (Wildman–Crippen MR) is 80.5 cm³/mol. The predicted octanol–water partition coefficient (Wildman–Crippen LogP) is 1.33. The Morgan fingerprint density at radius 1 is 1.33 bits per heavy atom. The number of nitrogen functional groups attached to an aromatic ring is 1. The Kier molecular flexibility index (Phi) is 4.77. The van der Waals surface area contributed by atoms with E-state index in [1.54, 1.807) is 0 Å². The Balaban J connectivity index is 1.90. The number of pyridine rings is 1. The van der Waals surface area contributed by atoms with Gasteiger partial charge in [0.1, 0.15) is 17.3 Å². The van der Waals surface area contributed by atoms with Crippen LogP contribution < -0.4 is 15.2 Å². The average molecular weight is 307 g/mol. The summed E-state index contributed by atoms with van der Waals surface area (Å²) in [5.74, 6) is 0.704. The third kappa shape index (κ3) is 4.17. The molecule has 0 atom stereocenters. The van der Waals surface area contributed by atoms with Gasteiger partial charge in [-0.05, 0) is 30.7 Å². The van der Waals surface area contributed by atoms with Crippen LogP contribution in [0.25, 0.3) is 0 Å². The number of nitrogens with zero attached hydrogens (tertiary/aromatic N) is 1. The Morgan fingerprint density at radius 3 is 2.86 bits per heavy atom. The molecular weight excluding hydrogens is 290 g/mol. The highest BCUT2D eigenvalue weighted by Gasteiger charge is 2.16. The number of hydrogen-bond acceptors (Lipinski definition) is 5. The van der Waals surface area contributed by atoms with Crippen molar-refractivity contribution in [3.8, 4) is 5.75 Å². The first-order valence-electron chi connectivity index (χ1n) is 6.38. The van der Waals surface area contributed by atoms with Gasteiger partial charge in [0.15, 0.2) is 0 Å². The van der Waals surface area contributed by atoms with Crippen molar-refractivity contribution < 1.29 is 13.2 Å². The molecule has 0 spiro atoms. The molecule has 21 heavy (non-hydrogen) atoms. The molecule has 3 N–H and O–H groups in total. The van der Waals surface area contributed by atoms with Crippen LogP contribution in [0.4, 0.5) is 5.69 Å². The van der Waals surface area contributed by atoms with E-state index in [4.69, 9.17) is 10.5 Å². The molecule has 0 amide bonds. The van der Waals surface area contributed by atoms with Gasteiger partial charge in [0.25, 0.3) is 0 Å². The van der Waals surface area contributed by atoms with E-state index in [2.05, 4.69) is 9.71 Å². The number of nitrogens with one attached hydrogen (secondary N) is 1. The zero-order valence-corrected chi connectivity index (χ0v) is 12.4.